The third-order valence-electron chi connectivity index (χ3n) is 7.03. The Morgan fingerprint density at radius 3 is 1.34 bits per heavy atom. The molecule has 0 saturated carbocycles. The van der Waals surface area contributed by atoms with Gasteiger partial charge in [-0.25, -0.2) is 0 Å². The molecule has 0 spiro atoms. The highest BCUT2D eigenvalue weighted by Gasteiger charge is 2.24. The minimum absolute atomic E-state index is 0.274. The fraction of sp³-hybridized carbons (Fsp3) is 0.0909. The average molecular weight is 453 g/mol. The number of rotatable bonds is 3. The Morgan fingerprint density at radius 1 is 0.457 bits per heavy atom. The summed E-state index contributed by atoms with van der Waals surface area (Å²) in [6.45, 7) is 4.53. The van der Waals surface area contributed by atoms with E-state index in [0.29, 0.717) is 0 Å². The van der Waals surface area contributed by atoms with Crippen LogP contribution in [0.25, 0.3) is 66.1 Å². The summed E-state index contributed by atoms with van der Waals surface area (Å²) >= 11 is 0. The second-order valence-electron chi connectivity index (χ2n) is 9.48. The lowest BCUT2D eigenvalue weighted by Gasteiger charge is -2.12. The van der Waals surface area contributed by atoms with Crippen LogP contribution in [0.1, 0.15) is 25.3 Å². The summed E-state index contributed by atoms with van der Waals surface area (Å²) in [5.41, 5.74) is 9.61. The van der Waals surface area contributed by atoms with E-state index in [2.05, 4.69) is 117 Å². The standard InChI is InChI=1S/C33H24O2/c1-20(2)29-32-27(34-25-17-9-15-23(30(25)32)21-11-5-3-6-12-21)19-28-33(29)31-24(16-10-18-26(31)35-28)22-13-7-4-8-14-22/h3-20H,1-2H3. The lowest BCUT2D eigenvalue weighted by molar-refractivity contribution is 0.655. The first-order valence-corrected chi connectivity index (χ1v) is 12.1. The van der Waals surface area contributed by atoms with Crippen LogP contribution in [0.5, 0.6) is 0 Å². The molecule has 0 atom stereocenters. The molecule has 2 nitrogen and oxygen atoms in total. The molecule has 0 amide bonds. The van der Waals surface area contributed by atoms with Crippen LogP contribution in [0.2, 0.25) is 0 Å². The normalized spacial score (nSPS) is 12.0. The SMILES string of the molecule is CC(C)c1c2c(cc3oc4cccc(-c5ccccc5)c4c13)oc1cccc(-c3ccccc3)c12. The van der Waals surface area contributed by atoms with Crippen LogP contribution in [0.3, 0.4) is 0 Å². The van der Waals surface area contributed by atoms with Crippen molar-refractivity contribution in [3.63, 3.8) is 0 Å². The van der Waals surface area contributed by atoms with Gasteiger partial charge in [0.2, 0.25) is 0 Å². The van der Waals surface area contributed by atoms with Crippen LogP contribution in [0.4, 0.5) is 0 Å². The molecule has 0 fully saturated rings. The van der Waals surface area contributed by atoms with Crippen LogP contribution >= 0.6 is 0 Å². The van der Waals surface area contributed by atoms with E-state index in [-0.39, 0.29) is 5.92 Å². The van der Waals surface area contributed by atoms with E-state index in [1.807, 2.05) is 0 Å². The van der Waals surface area contributed by atoms with Gasteiger partial charge in [-0.15, -0.1) is 0 Å². The predicted octanol–water partition coefficient (Wildman–Crippen LogP) is 9.94. The molecule has 0 N–H and O–H groups in total. The summed E-state index contributed by atoms with van der Waals surface area (Å²) in [5, 5.41) is 4.72. The monoisotopic (exact) mass is 452 g/mol. The van der Waals surface area contributed by atoms with Crippen molar-refractivity contribution in [1.29, 1.82) is 0 Å². The lowest BCUT2D eigenvalue weighted by atomic mass is 9.88. The molecule has 2 heterocycles. The molecule has 0 aliphatic heterocycles. The van der Waals surface area contributed by atoms with Crippen molar-refractivity contribution < 1.29 is 8.83 Å². The quantitative estimate of drug-likeness (QED) is 0.267. The van der Waals surface area contributed by atoms with Gasteiger partial charge in [-0.1, -0.05) is 98.8 Å². The van der Waals surface area contributed by atoms with Crippen molar-refractivity contribution in [2.24, 2.45) is 0 Å². The molecular weight excluding hydrogens is 428 g/mol. The van der Waals surface area contributed by atoms with Crippen LogP contribution < -0.4 is 0 Å². The second kappa shape index (κ2) is 7.61. The van der Waals surface area contributed by atoms with Crippen molar-refractivity contribution in [2.75, 3.05) is 0 Å². The Bertz CT molecular complexity index is 1720. The molecule has 0 saturated heterocycles. The van der Waals surface area contributed by atoms with Gasteiger partial charge in [-0.2, -0.15) is 0 Å². The van der Waals surface area contributed by atoms with Crippen molar-refractivity contribution in [3.8, 4) is 22.3 Å². The van der Waals surface area contributed by atoms with E-state index >= 15 is 0 Å². The first-order valence-electron chi connectivity index (χ1n) is 12.1. The Balaban J connectivity index is 1.70. The molecule has 2 aromatic heterocycles. The molecule has 7 aromatic rings. The van der Waals surface area contributed by atoms with Crippen molar-refractivity contribution >= 4 is 43.9 Å². The number of benzene rings is 5. The lowest BCUT2D eigenvalue weighted by Crippen LogP contribution is -1.92. The zero-order valence-corrected chi connectivity index (χ0v) is 19.7. The van der Waals surface area contributed by atoms with Gasteiger partial charge in [0.1, 0.15) is 22.3 Å². The molecule has 5 aromatic carbocycles. The van der Waals surface area contributed by atoms with E-state index in [1.165, 1.54) is 49.4 Å². The highest BCUT2D eigenvalue weighted by Crippen LogP contribution is 2.47. The first kappa shape index (κ1) is 20.1. The largest absolute Gasteiger partial charge is 0.456 e. The first-order chi connectivity index (χ1) is 17.2. The maximum absolute atomic E-state index is 6.46. The van der Waals surface area contributed by atoms with E-state index < -0.39 is 0 Å². The van der Waals surface area contributed by atoms with Crippen LogP contribution in [-0.4, -0.2) is 0 Å². The number of hydrogen-bond acceptors (Lipinski definition) is 2. The molecule has 0 bridgehead atoms. The molecule has 0 unspecified atom stereocenters. The molecule has 0 radical (unpaired) electrons. The Labute approximate surface area is 203 Å². The zero-order chi connectivity index (χ0) is 23.5. The van der Waals surface area contributed by atoms with Gasteiger partial charge in [0.25, 0.3) is 0 Å². The number of furan rings is 2. The minimum Gasteiger partial charge on any atom is -0.456 e. The van der Waals surface area contributed by atoms with Gasteiger partial charge in [-0.3, -0.25) is 0 Å². The molecule has 7 rings (SSSR count). The maximum atomic E-state index is 6.46. The van der Waals surface area contributed by atoms with Crippen LogP contribution in [-0.2, 0) is 0 Å². The predicted molar refractivity (Wildman–Crippen MR) is 146 cm³/mol. The van der Waals surface area contributed by atoms with Gasteiger partial charge in [-0.05, 0) is 45.9 Å². The molecular formula is C33H24O2. The summed E-state index contributed by atoms with van der Waals surface area (Å²) < 4.78 is 12.9. The van der Waals surface area contributed by atoms with Gasteiger partial charge in [0.15, 0.2) is 0 Å². The zero-order valence-electron chi connectivity index (χ0n) is 19.7. The topological polar surface area (TPSA) is 26.3 Å². The van der Waals surface area contributed by atoms with Gasteiger partial charge < -0.3 is 8.83 Å². The Kier molecular flexibility index (Phi) is 4.37. The van der Waals surface area contributed by atoms with Gasteiger partial charge in [0, 0.05) is 27.6 Å². The Hall–Kier alpha value is -4.30. The third-order valence-corrected chi connectivity index (χ3v) is 7.03. The second-order valence-corrected chi connectivity index (χ2v) is 9.48. The van der Waals surface area contributed by atoms with E-state index in [4.69, 9.17) is 8.83 Å². The highest BCUT2D eigenvalue weighted by atomic mass is 16.3. The summed E-state index contributed by atoms with van der Waals surface area (Å²) in [7, 11) is 0. The highest BCUT2D eigenvalue weighted by molar-refractivity contribution is 6.23. The van der Waals surface area contributed by atoms with E-state index in [0.717, 1.165) is 22.3 Å². The smallest absolute Gasteiger partial charge is 0.139 e. The number of fused-ring (bicyclic) bond motifs is 6. The van der Waals surface area contributed by atoms with Gasteiger partial charge >= 0.3 is 0 Å². The summed E-state index contributed by atoms with van der Waals surface area (Å²) in [6.07, 6.45) is 0. The molecule has 35 heavy (non-hydrogen) atoms. The Morgan fingerprint density at radius 2 is 0.914 bits per heavy atom. The molecule has 168 valence electrons. The summed E-state index contributed by atoms with van der Waals surface area (Å²) in [4.78, 5) is 0. The molecule has 0 aliphatic carbocycles. The molecule has 0 aliphatic rings. The summed E-state index contributed by atoms with van der Waals surface area (Å²) in [5.74, 6) is 0.274. The van der Waals surface area contributed by atoms with E-state index in [9.17, 15) is 0 Å². The van der Waals surface area contributed by atoms with Crippen molar-refractivity contribution in [3.05, 3.63) is 109 Å². The fourth-order valence-electron chi connectivity index (χ4n) is 5.61. The third kappa shape index (κ3) is 2.96. The minimum atomic E-state index is 0.274. The fourth-order valence-corrected chi connectivity index (χ4v) is 5.61. The average Bonchev–Trinajstić information content (AvgIpc) is 3.45. The van der Waals surface area contributed by atoms with Crippen LogP contribution in [0, 0.1) is 0 Å². The number of hydrogen-bond donors (Lipinski definition) is 0. The summed E-state index contributed by atoms with van der Waals surface area (Å²) in [6, 6.07) is 35.9. The maximum Gasteiger partial charge on any atom is 0.139 e. The van der Waals surface area contributed by atoms with Crippen molar-refractivity contribution in [1.82, 2.24) is 0 Å². The van der Waals surface area contributed by atoms with Crippen molar-refractivity contribution in [2.45, 2.75) is 19.8 Å². The van der Waals surface area contributed by atoms with Gasteiger partial charge in [0.05, 0.1) is 0 Å². The van der Waals surface area contributed by atoms with E-state index in [1.54, 1.807) is 0 Å². The van der Waals surface area contributed by atoms with Crippen LogP contribution in [0.15, 0.2) is 112 Å². The molecule has 2 heteroatoms.